The first kappa shape index (κ1) is 24.0. The molecule has 186 valence electrons. The third-order valence-electron chi connectivity index (χ3n) is 6.50. The number of benzene rings is 2. The number of anilines is 1. The van der Waals surface area contributed by atoms with Gasteiger partial charge in [0.2, 0.25) is 5.91 Å². The monoisotopic (exact) mass is 508 g/mol. The molecule has 0 spiro atoms. The summed E-state index contributed by atoms with van der Waals surface area (Å²) in [6.07, 6.45) is 2.19. The van der Waals surface area contributed by atoms with Crippen molar-refractivity contribution in [3.8, 4) is 0 Å². The molecule has 0 unspecified atom stereocenters. The summed E-state index contributed by atoms with van der Waals surface area (Å²) in [5.41, 5.74) is 3.11. The molecule has 3 amide bonds. The van der Waals surface area contributed by atoms with E-state index in [9.17, 15) is 24.5 Å². The van der Waals surface area contributed by atoms with Crippen molar-refractivity contribution < 1.29 is 24.0 Å². The number of carbonyl (C=O) groups excluding carboxylic acids is 3. The van der Waals surface area contributed by atoms with E-state index in [2.05, 4.69) is 0 Å². The van der Waals surface area contributed by atoms with Crippen LogP contribution in [0.1, 0.15) is 16.7 Å². The number of ether oxygens (including phenoxy) is 1. The molecule has 0 N–H and O–H groups in total. The number of morpholine rings is 1. The summed E-state index contributed by atoms with van der Waals surface area (Å²) in [6.45, 7) is 2.73. The number of amides is 3. The quantitative estimate of drug-likeness (QED) is 0.344. The minimum atomic E-state index is -0.573. The summed E-state index contributed by atoms with van der Waals surface area (Å²) in [5.74, 6) is -0.866. The molecule has 0 bridgehead atoms. The second-order valence-electron chi connectivity index (χ2n) is 8.71. The molecular formula is C25H24N4O6S. The molecule has 2 fully saturated rings. The van der Waals surface area contributed by atoms with E-state index >= 15 is 0 Å². The maximum absolute atomic E-state index is 13.0. The Balaban J connectivity index is 1.30. The van der Waals surface area contributed by atoms with Crippen molar-refractivity contribution in [1.29, 1.82) is 0 Å². The van der Waals surface area contributed by atoms with Gasteiger partial charge in [-0.3, -0.25) is 29.4 Å². The second-order valence-corrected chi connectivity index (χ2v) is 9.70. The number of nitro groups is 1. The number of fused-ring (bicyclic) bond motifs is 1. The van der Waals surface area contributed by atoms with E-state index < -0.39 is 16.1 Å². The number of rotatable bonds is 5. The molecule has 3 aliphatic heterocycles. The number of thioether (sulfide) groups is 1. The van der Waals surface area contributed by atoms with Gasteiger partial charge in [0.15, 0.2) is 0 Å². The normalized spacial score (nSPS) is 19.1. The first-order valence-electron chi connectivity index (χ1n) is 11.6. The van der Waals surface area contributed by atoms with E-state index in [1.165, 1.54) is 17.7 Å². The molecule has 10 nitrogen and oxygen atoms in total. The van der Waals surface area contributed by atoms with Crippen LogP contribution in [-0.4, -0.2) is 71.2 Å². The molecule has 3 heterocycles. The van der Waals surface area contributed by atoms with Crippen molar-refractivity contribution in [1.82, 2.24) is 9.80 Å². The Labute approximate surface area is 211 Å². The summed E-state index contributed by atoms with van der Waals surface area (Å²) in [7, 11) is 0. The Kier molecular flexibility index (Phi) is 6.75. The van der Waals surface area contributed by atoms with Gasteiger partial charge in [-0.25, -0.2) is 0 Å². The third-order valence-corrected chi connectivity index (χ3v) is 7.40. The van der Waals surface area contributed by atoms with Crippen molar-refractivity contribution in [3.05, 3.63) is 74.2 Å². The number of nitro benzene ring substituents is 1. The van der Waals surface area contributed by atoms with Gasteiger partial charge in [0.25, 0.3) is 16.8 Å². The standard InChI is InChI=1S/C25H24N4O6S/c30-23(27-8-7-18-3-1-2-4-19(18)15-27)16-28-24(31)22(36-25(28)32)14-17-5-6-20(21(13-17)29(33)34)26-9-11-35-12-10-26/h1-6,13-14H,7-12,15-16H2/b22-14-. The smallest absolute Gasteiger partial charge is 0.294 e. The highest BCUT2D eigenvalue weighted by atomic mass is 32.2. The molecule has 2 aromatic rings. The van der Waals surface area contributed by atoms with Crippen LogP contribution in [0.2, 0.25) is 0 Å². The van der Waals surface area contributed by atoms with Gasteiger partial charge in [-0.05, 0) is 47.0 Å². The fraction of sp³-hybridized carbons (Fsp3) is 0.320. The zero-order valence-corrected chi connectivity index (χ0v) is 20.2. The predicted molar refractivity (Wildman–Crippen MR) is 134 cm³/mol. The molecule has 36 heavy (non-hydrogen) atoms. The molecule has 11 heteroatoms. The maximum Gasteiger partial charge on any atom is 0.294 e. The van der Waals surface area contributed by atoms with E-state index in [4.69, 9.17) is 4.74 Å². The summed E-state index contributed by atoms with van der Waals surface area (Å²) in [4.78, 5) is 54.3. The van der Waals surface area contributed by atoms with Crippen LogP contribution in [0.15, 0.2) is 47.4 Å². The lowest BCUT2D eigenvalue weighted by Crippen LogP contribution is -2.44. The fourth-order valence-corrected chi connectivity index (χ4v) is 5.42. The minimum absolute atomic E-state index is 0.0783. The van der Waals surface area contributed by atoms with Gasteiger partial charge >= 0.3 is 0 Å². The number of nitrogens with zero attached hydrogens (tertiary/aromatic N) is 4. The lowest BCUT2D eigenvalue weighted by Gasteiger charge is -2.29. The Hall–Kier alpha value is -3.70. The molecule has 0 saturated carbocycles. The first-order chi connectivity index (χ1) is 17.4. The summed E-state index contributed by atoms with van der Waals surface area (Å²) in [6, 6.07) is 12.6. The lowest BCUT2D eigenvalue weighted by molar-refractivity contribution is -0.384. The summed E-state index contributed by atoms with van der Waals surface area (Å²) < 4.78 is 5.32. The zero-order valence-electron chi connectivity index (χ0n) is 19.4. The van der Waals surface area contributed by atoms with E-state index in [1.54, 1.807) is 17.0 Å². The molecule has 0 radical (unpaired) electrons. The van der Waals surface area contributed by atoms with Crippen LogP contribution >= 0.6 is 11.8 Å². The van der Waals surface area contributed by atoms with Crippen LogP contribution < -0.4 is 4.90 Å². The molecule has 0 aliphatic carbocycles. The Morgan fingerprint density at radius 2 is 1.83 bits per heavy atom. The van der Waals surface area contributed by atoms with Crippen molar-refractivity contribution in [3.63, 3.8) is 0 Å². The van der Waals surface area contributed by atoms with Crippen molar-refractivity contribution in [2.45, 2.75) is 13.0 Å². The SMILES string of the molecule is O=C(CN1C(=O)S/C(=C\c2ccc(N3CCOCC3)c([N+](=O)[O-])c2)C1=O)N1CCc2ccccc2C1. The largest absolute Gasteiger partial charge is 0.378 e. The van der Waals surface area contributed by atoms with Crippen molar-refractivity contribution in [2.24, 2.45) is 0 Å². The van der Waals surface area contributed by atoms with E-state index in [1.807, 2.05) is 29.2 Å². The minimum Gasteiger partial charge on any atom is -0.378 e. The molecule has 3 aliphatic rings. The Bertz CT molecular complexity index is 1270. The third kappa shape index (κ3) is 4.84. The van der Waals surface area contributed by atoms with Gasteiger partial charge in [-0.1, -0.05) is 30.3 Å². The number of imide groups is 1. The van der Waals surface area contributed by atoms with Crippen LogP contribution in [0, 0.1) is 10.1 Å². The average Bonchev–Trinajstić information content (AvgIpc) is 3.16. The molecule has 2 aromatic carbocycles. The highest BCUT2D eigenvalue weighted by Gasteiger charge is 2.37. The number of carbonyl (C=O) groups is 3. The van der Waals surface area contributed by atoms with E-state index in [0.29, 0.717) is 50.6 Å². The highest BCUT2D eigenvalue weighted by Crippen LogP contribution is 2.35. The first-order valence-corrected chi connectivity index (χ1v) is 12.4. The van der Waals surface area contributed by atoms with Crippen LogP contribution in [0.5, 0.6) is 0 Å². The van der Waals surface area contributed by atoms with E-state index in [0.717, 1.165) is 28.6 Å². The summed E-state index contributed by atoms with van der Waals surface area (Å²) in [5, 5.41) is 11.2. The summed E-state index contributed by atoms with van der Waals surface area (Å²) >= 11 is 0.731. The van der Waals surface area contributed by atoms with E-state index in [-0.39, 0.29) is 23.0 Å². The fourth-order valence-electron chi connectivity index (χ4n) is 4.58. The van der Waals surface area contributed by atoms with Gasteiger partial charge in [-0.15, -0.1) is 0 Å². The van der Waals surface area contributed by atoms with Gasteiger partial charge < -0.3 is 14.5 Å². The zero-order chi connectivity index (χ0) is 25.2. The molecule has 0 aromatic heterocycles. The average molecular weight is 509 g/mol. The van der Waals surface area contributed by atoms with Gasteiger partial charge in [0, 0.05) is 32.2 Å². The predicted octanol–water partition coefficient (Wildman–Crippen LogP) is 3.05. The number of hydrogen-bond donors (Lipinski definition) is 0. The van der Waals surface area contributed by atoms with Gasteiger partial charge in [0.1, 0.15) is 12.2 Å². The Morgan fingerprint density at radius 3 is 2.58 bits per heavy atom. The van der Waals surface area contributed by atoms with Crippen LogP contribution in [0.4, 0.5) is 16.2 Å². The van der Waals surface area contributed by atoms with Gasteiger partial charge in [-0.2, -0.15) is 0 Å². The topological polar surface area (TPSA) is 113 Å². The van der Waals surface area contributed by atoms with Crippen molar-refractivity contribution >= 4 is 46.3 Å². The van der Waals surface area contributed by atoms with Crippen molar-refractivity contribution in [2.75, 3.05) is 44.3 Å². The van der Waals surface area contributed by atoms with Crippen LogP contribution in [0.3, 0.4) is 0 Å². The molecule has 5 rings (SSSR count). The molecule has 0 atom stereocenters. The van der Waals surface area contributed by atoms with Crippen LogP contribution in [-0.2, 0) is 27.3 Å². The molecule has 2 saturated heterocycles. The number of hydrogen-bond acceptors (Lipinski definition) is 8. The van der Waals surface area contributed by atoms with Gasteiger partial charge in [0.05, 0.1) is 23.0 Å². The maximum atomic E-state index is 13.0. The van der Waals surface area contributed by atoms with Crippen LogP contribution in [0.25, 0.3) is 6.08 Å². The second kappa shape index (κ2) is 10.1. The highest BCUT2D eigenvalue weighted by molar-refractivity contribution is 8.18. The Morgan fingerprint density at radius 1 is 1.08 bits per heavy atom. The molecular weight excluding hydrogens is 484 g/mol. The lowest BCUT2D eigenvalue weighted by atomic mass is 10.00.